The molecule has 1 unspecified atom stereocenters. The highest BCUT2D eigenvalue weighted by Crippen LogP contribution is 2.55. The van der Waals surface area contributed by atoms with E-state index in [0.29, 0.717) is 48.3 Å². The number of carbonyl (C=O) groups excluding carboxylic acids is 2. The number of aromatic amines is 1. The number of aromatic carboxylic acids is 1. The third-order valence-electron chi connectivity index (χ3n) is 9.75. The average Bonchev–Trinajstić information content (AvgIpc) is 3.35. The molecule has 1 saturated heterocycles. The highest BCUT2D eigenvalue weighted by molar-refractivity contribution is 6.19. The fourth-order valence-electron chi connectivity index (χ4n) is 7.21. The number of rotatable bonds is 5. The van der Waals surface area contributed by atoms with E-state index in [1.54, 1.807) is 59.9 Å². The maximum Gasteiger partial charge on any atom is 0.414 e. The minimum absolute atomic E-state index is 0.0267. The first kappa shape index (κ1) is 35.7. The molecule has 7 rings (SSSR count). The average molecular weight is 731 g/mol. The molecule has 5 heterocycles. The van der Waals surface area contributed by atoms with E-state index in [2.05, 4.69) is 15.3 Å². The van der Waals surface area contributed by atoms with Gasteiger partial charge in [-0.25, -0.2) is 28.1 Å². The number of hydrogen-bond donors (Lipinski definition) is 3. The largest absolute Gasteiger partial charge is 0.477 e. The van der Waals surface area contributed by atoms with E-state index in [0.717, 1.165) is 11.0 Å². The molecule has 2 amide bonds. The third-order valence-corrected chi connectivity index (χ3v) is 9.75. The lowest BCUT2D eigenvalue weighted by atomic mass is 10.0. The molecule has 2 fully saturated rings. The summed E-state index contributed by atoms with van der Waals surface area (Å²) in [5, 5.41) is 12.7. The first-order chi connectivity index (χ1) is 24.8. The van der Waals surface area contributed by atoms with Gasteiger partial charge in [-0.2, -0.15) is 0 Å². The van der Waals surface area contributed by atoms with Gasteiger partial charge in [-0.05, 0) is 72.6 Å². The lowest BCUT2D eigenvalue weighted by Crippen LogP contribution is -2.36. The van der Waals surface area contributed by atoms with Crippen LogP contribution in [0.4, 0.5) is 29.7 Å². The highest BCUT2D eigenvalue weighted by Gasteiger charge is 2.59. The predicted molar refractivity (Wildman–Crippen MR) is 195 cm³/mol. The molecule has 278 valence electrons. The van der Waals surface area contributed by atoms with Crippen LogP contribution in [0.2, 0.25) is 0 Å². The second-order valence-electron chi connectivity index (χ2n) is 15.9. The van der Waals surface area contributed by atoms with Gasteiger partial charge in [0, 0.05) is 66.7 Å². The van der Waals surface area contributed by atoms with E-state index in [9.17, 15) is 24.3 Å². The van der Waals surface area contributed by atoms with Crippen LogP contribution in [0.25, 0.3) is 38.6 Å². The lowest BCUT2D eigenvalue weighted by molar-refractivity contribution is 0.0514. The Labute approximate surface area is 302 Å². The number of aromatic nitrogens is 3. The molecule has 1 aromatic carbocycles. The smallest absolute Gasteiger partial charge is 0.414 e. The molecule has 1 saturated carbocycles. The summed E-state index contributed by atoms with van der Waals surface area (Å²) < 4.78 is 44.1. The van der Waals surface area contributed by atoms with Crippen LogP contribution < -0.4 is 20.7 Å². The van der Waals surface area contributed by atoms with Crippen LogP contribution in [0, 0.1) is 17.0 Å². The maximum absolute atomic E-state index is 16.2. The number of alkyl carbamates (subject to hydrolysis) is 1. The number of fused-ring (bicyclic) bond motifs is 4. The Kier molecular flexibility index (Phi) is 8.19. The number of carbonyl (C=O) groups is 3. The van der Waals surface area contributed by atoms with Gasteiger partial charge in [0.25, 0.3) is 5.56 Å². The van der Waals surface area contributed by atoms with Crippen LogP contribution in [0.15, 0.2) is 47.5 Å². The van der Waals surface area contributed by atoms with E-state index in [1.807, 2.05) is 4.90 Å². The number of halogens is 2. The lowest BCUT2D eigenvalue weighted by Gasteiger charge is -2.25. The first-order valence-electron chi connectivity index (χ1n) is 17.2. The van der Waals surface area contributed by atoms with Crippen molar-refractivity contribution in [3.8, 4) is 11.1 Å². The summed E-state index contributed by atoms with van der Waals surface area (Å²) in [5.41, 5.74) is -0.790. The molecule has 15 heteroatoms. The molecule has 2 atom stereocenters. The normalized spacial score (nSPS) is 18.6. The molecule has 53 heavy (non-hydrogen) atoms. The summed E-state index contributed by atoms with van der Waals surface area (Å²) in [6, 6.07) is 6.91. The number of carboxylic acid groups (broad SMARTS) is 1. The van der Waals surface area contributed by atoms with Crippen molar-refractivity contribution in [3.05, 3.63) is 70.3 Å². The Morgan fingerprint density at radius 3 is 2.43 bits per heavy atom. The Morgan fingerprint density at radius 1 is 1.06 bits per heavy atom. The zero-order valence-corrected chi connectivity index (χ0v) is 30.4. The Hall–Kier alpha value is -5.73. The molecule has 0 radical (unpaired) electrons. The highest BCUT2D eigenvalue weighted by atomic mass is 19.2. The van der Waals surface area contributed by atoms with Gasteiger partial charge in [0.1, 0.15) is 22.4 Å². The van der Waals surface area contributed by atoms with Crippen molar-refractivity contribution in [2.24, 2.45) is 5.41 Å². The van der Waals surface area contributed by atoms with Gasteiger partial charge in [-0.3, -0.25) is 14.1 Å². The van der Waals surface area contributed by atoms with Gasteiger partial charge in [-0.1, -0.05) is 6.07 Å². The topological polar surface area (TPSA) is 159 Å². The predicted octanol–water partition coefficient (Wildman–Crippen LogP) is 6.84. The summed E-state index contributed by atoms with van der Waals surface area (Å²) in [7, 11) is 1.40. The van der Waals surface area contributed by atoms with Gasteiger partial charge in [0.15, 0.2) is 11.6 Å². The number of nitrogens with one attached hydrogen (secondary N) is 2. The van der Waals surface area contributed by atoms with Crippen molar-refractivity contribution < 1.29 is 37.7 Å². The molecular formula is C38H40F2N6O7. The summed E-state index contributed by atoms with van der Waals surface area (Å²) in [4.78, 5) is 61.7. The van der Waals surface area contributed by atoms with E-state index < -0.39 is 52.1 Å². The van der Waals surface area contributed by atoms with Crippen LogP contribution in [-0.2, 0) is 9.47 Å². The number of amides is 2. The summed E-state index contributed by atoms with van der Waals surface area (Å²) >= 11 is 0. The Morgan fingerprint density at radius 2 is 1.75 bits per heavy atom. The van der Waals surface area contributed by atoms with Crippen LogP contribution >= 0.6 is 0 Å². The molecule has 0 bridgehead atoms. The first-order valence-corrected chi connectivity index (χ1v) is 17.2. The number of pyridine rings is 3. The molecule has 4 aromatic heterocycles. The number of carboxylic acids is 1. The van der Waals surface area contributed by atoms with Gasteiger partial charge < -0.3 is 29.8 Å². The SMILES string of the molecule is CN(C(=O)OC(C)(C)C)c1cc(F)c(F)c2c1[nH]c1ncc(-c3ccc4ccc(C(=O)O)c(=O)n4c3)c(N3CC[C@@]4(CC4NC(=O)OC(C)(C)C)C3)c12. The van der Waals surface area contributed by atoms with Crippen LogP contribution in [-0.4, -0.2) is 75.0 Å². The molecule has 2 aliphatic rings. The van der Waals surface area contributed by atoms with E-state index in [1.165, 1.54) is 29.8 Å². The van der Waals surface area contributed by atoms with Gasteiger partial charge in [0.2, 0.25) is 0 Å². The standard InChI is InChI=1S/C38H40F2N6O7/c1-36(2,3)52-34(50)42-25-15-38(25)12-13-45(18-38)30-22(19-8-9-20-10-11-21(33(48)49)32(47)46(20)17-19)16-41-31-27(30)26-28(40)23(39)14-24(29(26)43-31)44(7)35(51)53-37(4,5)6/h8-11,14,16-17,25H,12-13,15,18H2,1-7H3,(H,41,43)(H,42,50)(H,48,49)/t25?,38-/m1/s1. The van der Waals surface area contributed by atoms with Crippen molar-refractivity contribution in [3.63, 3.8) is 0 Å². The maximum atomic E-state index is 16.2. The molecule has 1 spiro atoms. The number of nitrogens with zero attached hydrogens (tertiary/aromatic N) is 4. The van der Waals surface area contributed by atoms with Crippen LogP contribution in [0.5, 0.6) is 0 Å². The Balaban J connectivity index is 1.41. The zero-order valence-electron chi connectivity index (χ0n) is 30.4. The molecular weight excluding hydrogens is 690 g/mol. The van der Waals surface area contributed by atoms with E-state index in [-0.39, 0.29) is 39.1 Å². The van der Waals surface area contributed by atoms with Crippen molar-refractivity contribution in [1.82, 2.24) is 19.7 Å². The van der Waals surface area contributed by atoms with Gasteiger partial charge in [-0.15, -0.1) is 0 Å². The van der Waals surface area contributed by atoms with Crippen molar-refractivity contribution in [2.45, 2.75) is 71.6 Å². The van der Waals surface area contributed by atoms with Crippen molar-refractivity contribution >= 4 is 57.0 Å². The number of benzene rings is 1. The number of H-pyrrole nitrogens is 1. The zero-order chi connectivity index (χ0) is 38.4. The van der Waals surface area contributed by atoms with Gasteiger partial charge >= 0.3 is 18.2 Å². The third kappa shape index (κ3) is 6.37. The molecule has 1 aliphatic carbocycles. The van der Waals surface area contributed by atoms with E-state index in [4.69, 9.17) is 9.47 Å². The summed E-state index contributed by atoms with van der Waals surface area (Å²) in [6.45, 7) is 11.3. The van der Waals surface area contributed by atoms with Gasteiger partial charge in [0.05, 0.1) is 27.7 Å². The van der Waals surface area contributed by atoms with Crippen molar-refractivity contribution in [2.75, 3.05) is 29.9 Å². The number of hydrogen-bond acceptors (Lipinski definition) is 8. The molecule has 1 aliphatic heterocycles. The second-order valence-corrected chi connectivity index (χ2v) is 15.9. The summed E-state index contributed by atoms with van der Waals surface area (Å²) in [6.07, 6.45) is 3.10. The van der Waals surface area contributed by atoms with Crippen molar-refractivity contribution in [1.29, 1.82) is 0 Å². The molecule has 3 N–H and O–H groups in total. The molecule has 13 nitrogen and oxygen atoms in total. The monoisotopic (exact) mass is 730 g/mol. The van der Waals surface area contributed by atoms with Crippen LogP contribution in [0.3, 0.4) is 0 Å². The quantitative estimate of drug-likeness (QED) is 0.176. The fraction of sp³-hybridized carbons (Fsp3) is 0.395. The second kappa shape index (κ2) is 12.2. The molecule has 5 aromatic rings. The number of ether oxygens (including phenoxy) is 2. The van der Waals surface area contributed by atoms with Crippen LogP contribution in [0.1, 0.15) is 64.7 Å². The minimum Gasteiger partial charge on any atom is -0.477 e. The minimum atomic E-state index is -1.37. The number of anilines is 2. The summed E-state index contributed by atoms with van der Waals surface area (Å²) in [5.74, 6) is -3.72. The Bertz CT molecular complexity index is 2430. The van der Waals surface area contributed by atoms with E-state index >= 15 is 8.78 Å². The fourth-order valence-corrected chi connectivity index (χ4v) is 7.21.